The molecule has 9 heteroatoms. The summed E-state index contributed by atoms with van der Waals surface area (Å²) >= 11 is 0. The first-order valence-corrected chi connectivity index (χ1v) is 12.3. The van der Waals surface area contributed by atoms with Gasteiger partial charge in [0.15, 0.2) is 11.5 Å². The Balaban J connectivity index is 1.43. The molecule has 2 aromatic carbocycles. The molecule has 2 heterocycles. The number of carbonyl (C=O) groups is 3. The molecule has 0 spiro atoms. The Hall–Kier alpha value is -3.75. The molecule has 2 aliphatic heterocycles. The number of hydrogen-bond donors (Lipinski definition) is 2. The predicted octanol–water partition coefficient (Wildman–Crippen LogP) is 2.99. The van der Waals surface area contributed by atoms with Gasteiger partial charge in [0.05, 0.1) is 7.11 Å². The molecule has 3 amide bonds. The molecule has 2 N–H and O–H groups in total. The first-order chi connectivity index (χ1) is 17.4. The highest BCUT2D eigenvalue weighted by molar-refractivity contribution is 5.98. The normalized spacial score (nSPS) is 16.7. The molecule has 192 valence electrons. The number of methoxy groups -OCH3 is 1. The minimum absolute atomic E-state index is 0.00874. The van der Waals surface area contributed by atoms with Gasteiger partial charge in [-0.1, -0.05) is 6.92 Å². The van der Waals surface area contributed by atoms with Crippen LogP contribution in [-0.4, -0.2) is 61.7 Å². The Morgan fingerprint density at radius 1 is 1.00 bits per heavy atom. The lowest BCUT2D eigenvalue weighted by Gasteiger charge is -2.36. The SMILES string of the molecule is CC[C@@H](C)NC(=O)[C@H](NC(=O)c1ccc(OC)cc1)C1CCN(C(=O)c2ccc3c(c2)OCO3)CC1. The number of nitrogens with zero attached hydrogens (tertiary/aromatic N) is 1. The molecule has 1 saturated heterocycles. The van der Waals surface area contributed by atoms with E-state index in [0.29, 0.717) is 54.3 Å². The van der Waals surface area contributed by atoms with E-state index in [-0.39, 0.29) is 36.5 Å². The zero-order valence-electron chi connectivity index (χ0n) is 20.9. The Labute approximate surface area is 211 Å². The van der Waals surface area contributed by atoms with E-state index in [9.17, 15) is 14.4 Å². The zero-order chi connectivity index (χ0) is 25.7. The van der Waals surface area contributed by atoms with Gasteiger partial charge in [-0.15, -0.1) is 0 Å². The predicted molar refractivity (Wildman–Crippen MR) is 133 cm³/mol. The van der Waals surface area contributed by atoms with Crippen molar-refractivity contribution < 1.29 is 28.6 Å². The number of likely N-dealkylation sites (tertiary alicyclic amines) is 1. The van der Waals surface area contributed by atoms with Crippen molar-refractivity contribution >= 4 is 17.7 Å². The van der Waals surface area contributed by atoms with Crippen LogP contribution in [0.4, 0.5) is 0 Å². The number of benzene rings is 2. The van der Waals surface area contributed by atoms with Gasteiger partial charge in [0.25, 0.3) is 11.8 Å². The summed E-state index contributed by atoms with van der Waals surface area (Å²) in [5.41, 5.74) is 0.990. The molecule has 2 aliphatic rings. The third-order valence-electron chi connectivity index (χ3n) is 6.84. The third-order valence-corrected chi connectivity index (χ3v) is 6.84. The fraction of sp³-hybridized carbons (Fsp3) is 0.444. The van der Waals surface area contributed by atoms with Crippen LogP contribution in [0.15, 0.2) is 42.5 Å². The van der Waals surface area contributed by atoms with E-state index in [2.05, 4.69) is 10.6 Å². The summed E-state index contributed by atoms with van der Waals surface area (Å²) in [6, 6.07) is 11.2. The van der Waals surface area contributed by atoms with Crippen molar-refractivity contribution in [3.8, 4) is 17.2 Å². The van der Waals surface area contributed by atoms with E-state index in [1.54, 1.807) is 54.5 Å². The first-order valence-electron chi connectivity index (χ1n) is 12.3. The molecular weight excluding hydrogens is 462 g/mol. The molecule has 0 unspecified atom stereocenters. The molecule has 0 radical (unpaired) electrons. The van der Waals surface area contributed by atoms with E-state index < -0.39 is 6.04 Å². The van der Waals surface area contributed by atoms with Crippen molar-refractivity contribution in [1.82, 2.24) is 15.5 Å². The van der Waals surface area contributed by atoms with Crippen molar-refractivity contribution in [2.75, 3.05) is 27.0 Å². The minimum Gasteiger partial charge on any atom is -0.497 e. The van der Waals surface area contributed by atoms with Crippen LogP contribution in [0.2, 0.25) is 0 Å². The highest BCUT2D eigenvalue weighted by atomic mass is 16.7. The maximum Gasteiger partial charge on any atom is 0.253 e. The summed E-state index contributed by atoms with van der Waals surface area (Å²) in [4.78, 5) is 41.0. The van der Waals surface area contributed by atoms with Crippen molar-refractivity contribution in [2.45, 2.75) is 45.2 Å². The molecule has 2 atom stereocenters. The van der Waals surface area contributed by atoms with Gasteiger partial charge in [0, 0.05) is 30.3 Å². The number of carbonyl (C=O) groups excluding carboxylic acids is 3. The van der Waals surface area contributed by atoms with Gasteiger partial charge < -0.3 is 29.7 Å². The van der Waals surface area contributed by atoms with Crippen LogP contribution in [0.1, 0.15) is 53.8 Å². The molecule has 1 fully saturated rings. The van der Waals surface area contributed by atoms with Gasteiger partial charge in [-0.05, 0) is 74.6 Å². The summed E-state index contributed by atoms with van der Waals surface area (Å²) in [7, 11) is 1.56. The van der Waals surface area contributed by atoms with Crippen LogP contribution in [0.5, 0.6) is 17.2 Å². The summed E-state index contributed by atoms with van der Waals surface area (Å²) in [5, 5.41) is 5.95. The fourth-order valence-electron chi connectivity index (χ4n) is 4.45. The second-order valence-electron chi connectivity index (χ2n) is 9.20. The standard InChI is InChI=1S/C27H33N3O6/c1-4-17(2)28-26(32)24(29-25(31)19-5-8-21(34-3)9-6-19)18-11-13-30(14-12-18)27(33)20-7-10-22-23(15-20)36-16-35-22/h5-10,15,17-18,24H,4,11-14,16H2,1-3H3,(H,28,32)(H,29,31)/t17-,24-/m1/s1. The Bertz CT molecular complexity index is 1100. The summed E-state index contributed by atoms with van der Waals surface area (Å²) in [5.74, 6) is 1.14. The lowest BCUT2D eigenvalue weighted by Crippen LogP contribution is -2.55. The second kappa shape index (κ2) is 11.3. The van der Waals surface area contributed by atoms with Crippen molar-refractivity contribution in [1.29, 1.82) is 0 Å². The number of piperidine rings is 1. The number of rotatable bonds is 8. The van der Waals surface area contributed by atoms with E-state index in [0.717, 1.165) is 6.42 Å². The van der Waals surface area contributed by atoms with Crippen LogP contribution >= 0.6 is 0 Å². The van der Waals surface area contributed by atoms with Crippen LogP contribution in [-0.2, 0) is 4.79 Å². The van der Waals surface area contributed by atoms with E-state index in [1.165, 1.54) is 0 Å². The lowest BCUT2D eigenvalue weighted by atomic mass is 9.88. The van der Waals surface area contributed by atoms with Crippen LogP contribution < -0.4 is 24.8 Å². The average Bonchev–Trinajstić information content (AvgIpc) is 3.39. The Morgan fingerprint density at radius 3 is 2.33 bits per heavy atom. The lowest BCUT2D eigenvalue weighted by molar-refractivity contribution is -0.125. The zero-order valence-corrected chi connectivity index (χ0v) is 20.9. The maximum absolute atomic E-state index is 13.2. The summed E-state index contributed by atoms with van der Waals surface area (Å²) in [6.07, 6.45) is 1.98. The molecule has 0 bridgehead atoms. The van der Waals surface area contributed by atoms with Crippen LogP contribution in [0.25, 0.3) is 0 Å². The van der Waals surface area contributed by atoms with Crippen LogP contribution in [0.3, 0.4) is 0 Å². The van der Waals surface area contributed by atoms with Crippen molar-refractivity contribution in [3.05, 3.63) is 53.6 Å². The van der Waals surface area contributed by atoms with Crippen LogP contribution in [0, 0.1) is 5.92 Å². The van der Waals surface area contributed by atoms with Gasteiger partial charge in [0.1, 0.15) is 11.8 Å². The molecule has 0 aromatic heterocycles. The fourth-order valence-corrected chi connectivity index (χ4v) is 4.45. The largest absolute Gasteiger partial charge is 0.497 e. The van der Waals surface area contributed by atoms with Gasteiger partial charge in [-0.3, -0.25) is 14.4 Å². The number of fused-ring (bicyclic) bond motifs is 1. The second-order valence-corrected chi connectivity index (χ2v) is 9.20. The van der Waals surface area contributed by atoms with Crippen molar-refractivity contribution in [2.24, 2.45) is 5.92 Å². The number of amides is 3. The average molecular weight is 496 g/mol. The third kappa shape index (κ3) is 5.72. The molecular formula is C27H33N3O6. The summed E-state index contributed by atoms with van der Waals surface area (Å²) < 4.78 is 15.9. The molecule has 0 aliphatic carbocycles. The minimum atomic E-state index is -0.698. The van der Waals surface area contributed by atoms with Gasteiger partial charge in [-0.2, -0.15) is 0 Å². The van der Waals surface area contributed by atoms with Crippen molar-refractivity contribution in [3.63, 3.8) is 0 Å². The highest BCUT2D eigenvalue weighted by Crippen LogP contribution is 2.33. The van der Waals surface area contributed by atoms with Gasteiger partial charge in [-0.25, -0.2) is 0 Å². The molecule has 4 rings (SSSR count). The highest BCUT2D eigenvalue weighted by Gasteiger charge is 2.35. The molecule has 9 nitrogen and oxygen atoms in total. The molecule has 0 saturated carbocycles. The summed E-state index contributed by atoms with van der Waals surface area (Å²) in [6.45, 7) is 5.07. The Morgan fingerprint density at radius 2 is 1.67 bits per heavy atom. The monoisotopic (exact) mass is 495 g/mol. The first kappa shape index (κ1) is 25.3. The smallest absolute Gasteiger partial charge is 0.253 e. The van der Waals surface area contributed by atoms with E-state index in [4.69, 9.17) is 14.2 Å². The van der Waals surface area contributed by atoms with E-state index >= 15 is 0 Å². The Kier molecular flexibility index (Phi) is 7.97. The molecule has 2 aromatic rings. The topological polar surface area (TPSA) is 106 Å². The number of hydrogen-bond acceptors (Lipinski definition) is 6. The quantitative estimate of drug-likeness (QED) is 0.583. The van der Waals surface area contributed by atoms with E-state index in [1.807, 2.05) is 13.8 Å². The van der Waals surface area contributed by atoms with Gasteiger partial charge in [0.2, 0.25) is 12.7 Å². The maximum atomic E-state index is 13.2. The molecule has 36 heavy (non-hydrogen) atoms. The van der Waals surface area contributed by atoms with Gasteiger partial charge >= 0.3 is 0 Å². The number of nitrogens with one attached hydrogen (secondary N) is 2. The number of ether oxygens (including phenoxy) is 3.